The minimum atomic E-state index is -5.08. The normalized spacial score (nSPS) is 13.8. The number of benzene rings is 1. The first kappa shape index (κ1) is 23.1. The molecule has 0 radical (unpaired) electrons. The minimum absolute atomic E-state index is 0.0346. The summed E-state index contributed by atoms with van der Waals surface area (Å²) in [5.41, 5.74) is 3.00. The largest absolute Gasteiger partial charge is 0.490 e. The van der Waals surface area contributed by atoms with Crippen LogP contribution < -0.4 is 10.2 Å². The van der Waals surface area contributed by atoms with Crippen molar-refractivity contribution in [1.29, 1.82) is 0 Å². The molecule has 1 saturated heterocycles. The van der Waals surface area contributed by atoms with Gasteiger partial charge >= 0.3 is 12.1 Å². The maximum Gasteiger partial charge on any atom is 0.490 e. The number of ether oxygens (including phenoxy) is 1. The Balaban J connectivity index is 0.000000396. The second-order valence-electron chi connectivity index (χ2n) is 6.31. The van der Waals surface area contributed by atoms with E-state index in [1.54, 1.807) is 12.4 Å². The van der Waals surface area contributed by atoms with Gasteiger partial charge in [0.2, 0.25) is 0 Å². The number of carboxylic acids is 1. The maximum absolute atomic E-state index is 12.2. The third kappa shape index (κ3) is 7.70. The lowest BCUT2D eigenvalue weighted by atomic mass is 10.1. The van der Waals surface area contributed by atoms with Crippen LogP contribution >= 0.6 is 0 Å². The van der Waals surface area contributed by atoms with Crippen molar-refractivity contribution in [2.75, 3.05) is 37.7 Å². The summed E-state index contributed by atoms with van der Waals surface area (Å²) in [5, 5.41) is 10.1. The first-order chi connectivity index (χ1) is 14.3. The predicted molar refractivity (Wildman–Crippen MR) is 103 cm³/mol. The first-order valence-electron chi connectivity index (χ1n) is 9.17. The number of aromatic nitrogens is 1. The number of nitrogens with zero attached hydrogens (tertiary/aromatic N) is 2. The molecule has 1 amide bonds. The first-order valence-corrected chi connectivity index (χ1v) is 9.17. The topological polar surface area (TPSA) is 91.8 Å². The number of aliphatic carboxylic acids is 1. The highest BCUT2D eigenvalue weighted by Crippen LogP contribution is 2.16. The van der Waals surface area contributed by atoms with Gasteiger partial charge in [0.15, 0.2) is 0 Å². The zero-order valence-electron chi connectivity index (χ0n) is 16.1. The zero-order valence-corrected chi connectivity index (χ0v) is 16.1. The summed E-state index contributed by atoms with van der Waals surface area (Å²) in [6.45, 7) is 3.94. The van der Waals surface area contributed by atoms with Crippen LogP contribution in [-0.4, -0.2) is 61.0 Å². The fourth-order valence-corrected chi connectivity index (χ4v) is 2.62. The van der Waals surface area contributed by atoms with E-state index in [-0.39, 0.29) is 5.91 Å². The van der Waals surface area contributed by atoms with E-state index in [0.717, 1.165) is 38.4 Å². The van der Waals surface area contributed by atoms with Crippen molar-refractivity contribution in [3.8, 4) is 0 Å². The van der Waals surface area contributed by atoms with Gasteiger partial charge in [-0.25, -0.2) is 4.79 Å². The maximum atomic E-state index is 12.2. The molecule has 1 aromatic heterocycles. The summed E-state index contributed by atoms with van der Waals surface area (Å²) in [7, 11) is 0. The van der Waals surface area contributed by atoms with Gasteiger partial charge in [-0.3, -0.25) is 9.78 Å². The van der Waals surface area contributed by atoms with E-state index in [1.165, 1.54) is 5.56 Å². The molecule has 0 atom stereocenters. The van der Waals surface area contributed by atoms with Gasteiger partial charge in [0, 0.05) is 43.3 Å². The number of hydrogen-bond donors (Lipinski definition) is 2. The molecule has 0 unspecified atom stereocenters. The number of halogens is 3. The summed E-state index contributed by atoms with van der Waals surface area (Å²) in [5.74, 6) is -2.79. The van der Waals surface area contributed by atoms with Gasteiger partial charge in [0.05, 0.1) is 13.2 Å². The Hall–Kier alpha value is -3.14. The van der Waals surface area contributed by atoms with Gasteiger partial charge in [0.25, 0.3) is 5.91 Å². The van der Waals surface area contributed by atoms with E-state index < -0.39 is 12.1 Å². The van der Waals surface area contributed by atoms with Crippen molar-refractivity contribution in [2.45, 2.75) is 12.6 Å². The Morgan fingerprint density at radius 3 is 2.17 bits per heavy atom. The molecule has 1 fully saturated rings. The lowest BCUT2D eigenvalue weighted by molar-refractivity contribution is -0.192. The third-order valence-electron chi connectivity index (χ3n) is 4.20. The van der Waals surface area contributed by atoms with Gasteiger partial charge in [-0.05, 0) is 48.4 Å². The standard InChI is InChI=1S/C18H21N3O2.C2HF3O2/c22-18(20-10-7-15-5-8-19-9-6-15)16-1-3-17(4-2-16)21-11-13-23-14-12-21;3-2(4,5)1(6)7/h1-6,8-9H,7,10-14H2,(H,20,22);(H,6,7). The van der Waals surface area contributed by atoms with Gasteiger partial charge in [-0.15, -0.1) is 0 Å². The zero-order chi connectivity index (χ0) is 22.0. The number of amides is 1. The minimum Gasteiger partial charge on any atom is -0.475 e. The summed E-state index contributed by atoms with van der Waals surface area (Å²) < 4.78 is 37.1. The van der Waals surface area contributed by atoms with Crippen LogP contribution in [0.4, 0.5) is 18.9 Å². The molecule has 1 aliphatic heterocycles. The summed E-state index contributed by atoms with van der Waals surface area (Å²) in [6, 6.07) is 11.7. The van der Waals surface area contributed by atoms with Gasteiger partial charge in [0.1, 0.15) is 0 Å². The highest BCUT2D eigenvalue weighted by molar-refractivity contribution is 5.94. The second kappa shape index (κ2) is 11.1. The Morgan fingerprint density at radius 2 is 1.63 bits per heavy atom. The molecular weight excluding hydrogens is 403 g/mol. The lowest BCUT2D eigenvalue weighted by Gasteiger charge is -2.28. The van der Waals surface area contributed by atoms with E-state index in [4.69, 9.17) is 14.6 Å². The summed E-state index contributed by atoms with van der Waals surface area (Å²) >= 11 is 0. The number of morpholine rings is 1. The number of anilines is 1. The fraction of sp³-hybridized carbons (Fsp3) is 0.350. The molecule has 162 valence electrons. The van der Waals surface area contributed by atoms with Gasteiger partial charge in [-0.1, -0.05) is 0 Å². The van der Waals surface area contributed by atoms with Crippen molar-refractivity contribution in [1.82, 2.24) is 10.3 Å². The molecule has 2 heterocycles. The van der Waals surface area contributed by atoms with Crippen LogP contribution in [0, 0.1) is 0 Å². The molecule has 0 bridgehead atoms. The van der Waals surface area contributed by atoms with E-state index in [0.29, 0.717) is 12.1 Å². The van der Waals surface area contributed by atoms with E-state index in [1.807, 2.05) is 36.4 Å². The van der Waals surface area contributed by atoms with Crippen molar-refractivity contribution < 1.29 is 32.6 Å². The quantitative estimate of drug-likeness (QED) is 0.765. The molecule has 1 aliphatic rings. The number of nitrogens with one attached hydrogen (secondary N) is 1. The number of hydrogen-bond acceptors (Lipinski definition) is 5. The van der Waals surface area contributed by atoms with E-state index >= 15 is 0 Å². The van der Waals surface area contributed by atoms with Crippen molar-refractivity contribution in [3.63, 3.8) is 0 Å². The predicted octanol–water partition coefficient (Wildman–Crippen LogP) is 2.52. The fourth-order valence-electron chi connectivity index (χ4n) is 2.62. The summed E-state index contributed by atoms with van der Waals surface area (Å²) in [4.78, 5) is 27.3. The van der Waals surface area contributed by atoms with Crippen molar-refractivity contribution >= 4 is 17.6 Å². The van der Waals surface area contributed by atoms with Crippen molar-refractivity contribution in [2.24, 2.45) is 0 Å². The van der Waals surface area contributed by atoms with E-state index in [9.17, 15) is 18.0 Å². The Labute approximate surface area is 171 Å². The monoisotopic (exact) mass is 425 g/mol. The highest BCUT2D eigenvalue weighted by atomic mass is 19.4. The Bertz CT molecular complexity index is 808. The molecule has 2 N–H and O–H groups in total. The van der Waals surface area contributed by atoms with Crippen LogP contribution in [0.2, 0.25) is 0 Å². The van der Waals surface area contributed by atoms with Crippen LogP contribution in [0.5, 0.6) is 0 Å². The molecule has 0 aliphatic carbocycles. The van der Waals surface area contributed by atoms with Crippen LogP contribution in [0.15, 0.2) is 48.8 Å². The molecule has 10 heteroatoms. The van der Waals surface area contributed by atoms with Gasteiger partial charge in [-0.2, -0.15) is 13.2 Å². The van der Waals surface area contributed by atoms with Gasteiger partial charge < -0.3 is 20.1 Å². The molecule has 7 nitrogen and oxygen atoms in total. The average molecular weight is 425 g/mol. The number of carbonyl (C=O) groups excluding carboxylic acids is 1. The number of carboxylic acid groups (broad SMARTS) is 1. The van der Waals surface area contributed by atoms with Crippen LogP contribution in [-0.2, 0) is 16.0 Å². The summed E-state index contributed by atoms with van der Waals surface area (Å²) in [6.07, 6.45) is -0.747. The average Bonchev–Trinajstić information content (AvgIpc) is 2.75. The highest BCUT2D eigenvalue weighted by Gasteiger charge is 2.38. The van der Waals surface area contributed by atoms with E-state index in [2.05, 4.69) is 15.2 Å². The number of carbonyl (C=O) groups is 2. The van der Waals surface area contributed by atoms with Crippen molar-refractivity contribution in [3.05, 3.63) is 59.9 Å². The SMILES string of the molecule is O=C(NCCc1ccncc1)c1ccc(N2CCOCC2)cc1.O=C(O)C(F)(F)F. The van der Waals surface area contributed by atoms with Crippen LogP contribution in [0.3, 0.4) is 0 Å². The third-order valence-corrected chi connectivity index (χ3v) is 4.20. The smallest absolute Gasteiger partial charge is 0.475 e. The molecular formula is C20H22F3N3O4. The Morgan fingerprint density at radius 1 is 1.07 bits per heavy atom. The van der Waals surface area contributed by atoms with Crippen LogP contribution in [0.1, 0.15) is 15.9 Å². The molecule has 3 rings (SSSR count). The Kier molecular flexibility index (Phi) is 8.60. The molecule has 30 heavy (non-hydrogen) atoms. The number of alkyl halides is 3. The molecule has 1 aromatic carbocycles. The molecule has 0 spiro atoms. The van der Waals surface area contributed by atoms with Crippen LogP contribution in [0.25, 0.3) is 0 Å². The lowest BCUT2D eigenvalue weighted by Crippen LogP contribution is -2.36. The number of rotatable bonds is 5. The molecule has 0 saturated carbocycles. The second-order valence-corrected chi connectivity index (χ2v) is 6.31. The molecule has 2 aromatic rings. The number of pyridine rings is 1.